The van der Waals surface area contributed by atoms with E-state index in [0.29, 0.717) is 16.6 Å². The Morgan fingerprint density at radius 1 is 1.33 bits per heavy atom. The van der Waals surface area contributed by atoms with E-state index in [0.717, 1.165) is 5.69 Å². The van der Waals surface area contributed by atoms with E-state index in [4.69, 9.17) is 9.47 Å². The average Bonchev–Trinajstić information content (AvgIpc) is 2.82. The molecule has 0 saturated carbocycles. The molecule has 0 bridgehead atoms. The van der Waals surface area contributed by atoms with Crippen LogP contribution in [0.15, 0.2) is 29.6 Å². The summed E-state index contributed by atoms with van der Waals surface area (Å²) in [5.74, 6) is 0.936. The molecule has 0 unspecified atom stereocenters. The molecular formula is C15H18N2O3S. The Balaban J connectivity index is 1.92. The Labute approximate surface area is 127 Å². The van der Waals surface area contributed by atoms with Gasteiger partial charge in [0.1, 0.15) is 0 Å². The molecule has 1 heterocycles. The van der Waals surface area contributed by atoms with E-state index in [1.54, 1.807) is 6.07 Å². The van der Waals surface area contributed by atoms with E-state index < -0.39 is 0 Å². The van der Waals surface area contributed by atoms with Crippen LogP contribution in [0.5, 0.6) is 11.5 Å². The monoisotopic (exact) mass is 306 g/mol. The molecule has 1 N–H and O–H groups in total. The molecule has 2 aromatic rings. The van der Waals surface area contributed by atoms with E-state index >= 15 is 0 Å². The number of ether oxygens (including phenoxy) is 2. The Morgan fingerprint density at radius 3 is 2.67 bits per heavy atom. The predicted molar refractivity (Wildman–Crippen MR) is 83.2 cm³/mol. The molecule has 112 valence electrons. The molecule has 0 aliphatic heterocycles. The largest absolute Gasteiger partial charge is 0.487 e. The molecule has 21 heavy (non-hydrogen) atoms. The number of hydrogen-bond acceptors (Lipinski definition) is 5. The fraction of sp³-hybridized carbons (Fsp3) is 0.333. The molecule has 0 saturated heterocycles. The van der Waals surface area contributed by atoms with Gasteiger partial charge in [0, 0.05) is 5.38 Å². The highest BCUT2D eigenvalue weighted by atomic mass is 32.1. The van der Waals surface area contributed by atoms with Crippen molar-refractivity contribution in [2.45, 2.75) is 26.9 Å². The zero-order chi connectivity index (χ0) is 15.2. The van der Waals surface area contributed by atoms with Gasteiger partial charge < -0.3 is 9.47 Å². The number of aryl methyl sites for hydroxylation is 1. The van der Waals surface area contributed by atoms with Crippen molar-refractivity contribution < 1.29 is 14.3 Å². The molecule has 6 heteroatoms. The fourth-order valence-corrected chi connectivity index (χ4v) is 2.34. The normalized spacial score (nSPS) is 10.5. The minimum absolute atomic E-state index is 0.0434. The number of nitrogens with zero attached hydrogens (tertiary/aromatic N) is 1. The lowest BCUT2D eigenvalue weighted by Crippen LogP contribution is -2.20. The Hall–Kier alpha value is -2.08. The summed E-state index contributed by atoms with van der Waals surface area (Å²) in [6.07, 6.45) is 0.0434. The van der Waals surface area contributed by atoms with Gasteiger partial charge in [-0.15, -0.1) is 11.3 Å². The van der Waals surface area contributed by atoms with Gasteiger partial charge in [-0.3, -0.25) is 10.1 Å². The van der Waals surface area contributed by atoms with Gasteiger partial charge >= 0.3 is 0 Å². The number of nitrogens with one attached hydrogen (secondary N) is 1. The smallest absolute Gasteiger partial charge is 0.264 e. The van der Waals surface area contributed by atoms with Crippen LogP contribution < -0.4 is 14.8 Å². The molecule has 0 spiro atoms. The second-order valence-electron chi connectivity index (χ2n) is 4.74. The third kappa shape index (κ3) is 4.75. The summed E-state index contributed by atoms with van der Waals surface area (Å²) in [5, 5.41) is 5.15. The molecule has 0 fully saturated rings. The number of rotatable bonds is 6. The molecule has 0 aliphatic carbocycles. The molecule has 1 aromatic carbocycles. The van der Waals surface area contributed by atoms with E-state index in [-0.39, 0.29) is 18.6 Å². The van der Waals surface area contributed by atoms with Crippen LogP contribution in [0.2, 0.25) is 0 Å². The number of anilines is 1. The van der Waals surface area contributed by atoms with Crippen LogP contribution in [0, 0.1) is 6.92 Å². The highest BCUT2D eigenvalue weighted by molar-refractivity contribution is 7.13. The Morgan fingerprint density at radius 2 is 2.05 bits per heavy atom. The third-order valence-corrected chi connectivity index (χ3v) is 3.31. The summed E-state index contributed by atoms with van der Waals surface area (Å²) >= 11 is 1.39. The first-order chi connectivity index (χ1) is 10.0. The number of thiazole rings is 1. The van der Waals surface area contributed by atoms with Crippen molar-refractivity contribution in [2.75, 3.05) is 11.9 Å². The molecule has 0 radical (unpaired) electrons. The van der Waals surface area contributed by atoms with E-state index in [2.05, 4.69) is 10.3 Å². The molecule has 0 aliphatic rings. The molecule has 5 nitrogen and oxygen atoms in total. The van der Waals surface area contributed by atoms with Gasteiger partial charge in [-0.05, 0) is 32.9 Å². The lowest BCUT2D eigenvalue weighted by molar-refractivity contribution is -0.118. The highest BCUT2D eigenvalue weighted by Gasteiger charge is 2.10. The average molecular weight is 306 g/mol. The standard InChI is InChI=1S/C15H18N2O3S/c1-10(2)20-13-7-5-4-6-12(13)19-8-14(18)17-15-16-11(3)9-21-15/h4-7,9-10H,8H2,1-3H3,(H,16,17,18). The van der Waals surface area contributed by atoms with Gasteiger partial charge in [0.25, 0.3) is 5.91 Å². The van der Waals surface area contributed by atoms with Gasteiger partial charge in [-0.1, -0.05) is 12.1 Å². The molecule has 1 amide bonds. The van der Waals surface area contributed by atoms with Crippen molar-refractivity contribution in [3.05, 3.63) is 35.3 Å². The van der Waals surface area contributed by atoms with Crippen molar-refractivity contribution in [3.63, 3.8) is 0 Å². The van der Waals surface area contributed by atoms with Gasteiger partial charge in [0.2, 0.25) is 0 Å². The van der Waals surface area contributed by atoms with Crippen molar-refractivity contribution in [1.82, 2.24) is 4.98 Å². The van der Waals surface area contributed by atoms with E-state index in [1.807, 2.05) is 44.4 Å². The van der Waals surface area contributed by atoms with Crippen LogP contribution in [0.4, 0.5) is 5.13 Å². The summed E-state index contributed by atoms with van der Waals surface area (Å²) in [4.78, 5) is 16.0. The van der Waals surface area contributed by atoms with Gasteiger partial charge in [-0.25, -0.2) is 4.98 Å². The Kier molecular flexibility index (Phi) is 5.16. The summed E-state index contributed by atoms with van der Waals surface area (Å²) in [7, 11) is 0. The molecular weight excluding hydrogens is 288 g/mol. The first-order valence-corrected chi connectivity index (χ1v) is 7.53. The zero-order valence-corrected chi connectivity index (χ0v) is 13.1. The number of carbonyl (C=O) groups excluding carboxylic acids is 1. The Bertz CT molecular complexity index is 610. The SMILES string of the molecule is Cc1csc(NC(=O)COc2ccccc2OC(C)C)n1. The lowest BCUT2D eigenvalue weighted by atomic mass is 10.3. The fourth-order valence-electron chi connectivity index (χ4n) is 1.63. The first kappa shape index (κ1) is 15.3. The minimum Gasteiger partial charge on any atom is -0.487 e. The first-order valence-electron chi connectivity index (χ1n) is 6.65. The van der Waals surface area contributed by atoms with E-state index in [9.17, 15) is 4.79 Å². The predicted octanol–water partition coefficient (Wildman–Crippen LogP) is 3.26. The lowest BCUT2D eigenvalue weighted by Gasteiger charge is -2.14. The number of carbonyl (C=O) groups is 1. The highest BCUT2D eigenvalue weighted by Crippen LogP contribution is 2.27. The second kappa shape index (κ2) is 7.08. The van der Waals surface area contributed by atoms with Gasteiger partial charge in [0.05, 0.1) is 11.8 Å². The molecule has 2 rings (SSSR count). The van der Waals surface area contributed by atoms with Crippen LogP contribution in [-0.4, -0.2) is 23.6 Å². The molecule has 0 atom stereocenters. The molecule has 1 aromatic heterocycles. The maximum absolute atomic E-state index is 11.8. The van der Waals surface area contributed by atoms with Crippen LogP contribution in [0.25, 0.3) is 0 Å². The van der Waals surface area contributed by atoms with Crippen LogP contribution in [-0.2, 0) is 4.79 Å². The van der Waals surface area contributed by atoms with Crippen LogP contribution in [0.3, 0.4) is 0 Å². The van der Waals surface area contributed by atoms with Crippen molar-refractivity contribution >= 4 is 22.4 Å². The minimum atomic E-state index is -0.247. The van der Waals surface area contributed by atoms with E-state index in [1.165, 1.54) is 11.3 Å². The van der Waals surface area contributed by atoms with Crippen LogP contribution in [0.1, 0.15) is 19.5 Å². The quantitative estimate of drug-likeness (QED) is 0.890. The number of hydrogen-bond donors (Lipinski definition) is 1. The summed E-state index contributed by atoms with van der Waals surface area (Å²) < 4.78 is 11.2. The van der Waals surface area contributed by atoms with Crippen molar-refractivity contribution in [2.24, 2.45) is 0 Å². The second-order valence-corrected chi connectivity index (χ2v) is 5.60. The van der Waals surface area contributed by atoms with Crippen molar-refractivity contribution in [3.8, 4) is 11.5 Å². The number of amides is 1. The summed E-state index contributed by atoms with van der Waals surface area (Å²) in [6.45, 7) is 5.67. The number of para-hydroxylation sites is 2. The zero-order valence-electron chi connectivity index (χ0n) is 12.3. The number of benzene rings is 1. The third-order valence-electron chi connectivity index (χ3n) is 2.44. The maximum Gasteiger partial charge on any atom is 0.264 e. The topological polar surface area (TPSA) is 60.5 Å². The van der Waals surface area contributed by atoms with Gasteiger partial charge in [0.15, 0.2) is 23.2 Å². The number of aromatic nitrogens is 1. The van der Waals surface area contributed by atoms with Crippen LogP contribution >= 0.6 is 11.3 Å². The van der Waals surface area contributed by atoms with Gasteiger partial charge in [-0.2, -0.15) is 0 Å². The maximum atomic E-state index is 11.8. The van der Waals surface area contributed by atoms with Crippen molar-refractivity contribution in [1.29, 1.82) is 0 Å². The summed E-state index contributed by atoms with van der Waals surface area (Å²) in [6, 6.07) is 7.30. The summed E-state index contributed by atoms with van der Waals surface area (Å²) in [5.41, 5.74) is 0.881.